The van der Waals surface area contributed by atoms with E-state index >= 15 is 0 Å². The Morgan fingerprint density at radius 2 is 2.22 bits per heavy atom. The van der Waals surface area contributed by atoms with E-state index in [0.717, 1.165) is 10.6 Å². The lowest BCUT2D eigenvalue weighted by atomic mass is 10.2. The molecule has 0 radical (unpaired) electrons. The van der Waals surface area contributed by atoms with E-state index in [9.17, 15) is 5.11 Å². The molecular weight excluding hydrogens is 248 g/mol. The highest BCUT2D eigenvalue weighted by Gasteiger charge is 2.06. The van der Waals surface area contributed by atoms with Gasteiger partial charge in [-0.3, -0.25) is 0 Å². The van der Waals surface area contributed by atoms with Crippen LogP contribution >= 0.6 is 11.3 Å². The highest BCUT2D eigenvalue weighted by molar-refractivity contribution is 7.11. The van der Waals surface area contributed by atoms with Crippen LogP contribution in [0.3, 0.4) is 0 Å². The molecule has 2 aromatic rings. The van der Waals surface area contributed by atoms with E-state index < -0.39 is 0 Å². The molecule has 96 valence electrons. The van der Waals surface area contributed by atoms with Crippen molar-refractivity contribution >= 4 is 11.3 Å². The summed E-state index contributed by atoms with van der Waals surface area (Å²) in [6.07, 6.45) is 1.87. The lowest BCUT2D eigenvalue weighted by molar-refractivity contribution is 0.369. The summed E-state index contributed by atoms with van der Waals surface area (Å²) in [5, 5.41) is 14.2. The number of nitrogens with one attached hydrogen (secondary N) is 1. The number of aromatic hydroxyl groups is 1. The van der Waals surface area contributed by atoms with Crippen molar-refractivity contribution in [3.05, 3.63) is 39.8 Å². The molecule has 0 spiro atoms. The number of phenolic OH excluding ortho intramolecular Hbond substituents is 1. The van der Waals surface area contributed by atoms with Gasteiger partial charge in [-0.1, -0.05) is 12.1 Å². The molecule has 0 bridgehead atoms. The molecule has 2 rings (SSSR count). The number of hydrogen-bond donors (Lipinski definition) is 2. The van der Waals surface area contributed by atoms with Gasteiger partial charge in [-0.05, 0) is 13.0 Å². The van der Waals surface area contributed by atoms with Crippen LogP contribution in [-0.4, -0.2) is 17.2 Å². The summed E-state index contributed by atoms with van der Waals surface area (Å²) in [5.41, 5.74) is 0.822. The first kappa shape index (κ1) is 12.9. The monoisotopic (exact) mass is 264 g/mol. The van der Waals surface area contributed by atoms with Crippen molar-refractivity contribution in [1.82, 2.24) is 10.3 Å². The number of thiazole rings is 1. The van der Waals surface area contributed by atoms with Gasteiger partial charge < -0.3 is 15.2 Å². The van der Waals surface area contributed by atoms with Gasteiger partial charge >= 0.3 is 0 Å². The van der Waals surface area contributed by atoms with Crippen LogP contribution in [0.2, 0.25) is 0 Å². The summed E-state index contributed by atoms with van der Waals surface area (Å²) in [6.45, 7) is 3.33. The third kappa shape index (κ3) is 3.00. The van der Waals surface area contributed by atoms with Crippen LogP contribution in [0.1, 0.15) is 15.4 Å². The molecule has 2 N–H and O–H groups in total. The third-order valence-corrected chi connectivity index (χ3v) is 3.48. The maximum atomic E-state index is 9.91. The largest absolute Gasteiger partial charge is 0.504 e. The van der Waals surface area contributed by atoms with Gasteiger partial charge in [-0.15, -0.1) is 11.3 Å². The van der Waals surface area contributed by atoms with Crippen LogP contribution in [0.4, 0.5) is 0 Å². The summed E-state index contributed by atoms with van der Waals surface area (Å²) < 4.78 is 5.07. The maximum Gasteiger partial charge on any atom is 0.162 e. The van der Waals surface area contributed by atoms with Crippen LogP contribution < -0.4 is 10.1 Å². The molecule has 0 saturated carbocycles. The highest BCUT2D eigenvalue weighted by Crippen LogP contribution is 2.29. The normalized spacial score (nSPS) is 10.6. The molecule has 0 amide bonds. The van der Waals surface area contributed by atoms with E-state index in [0.29, 0.717) is 18.8 Å². The Morgan fingerprint density at radius 3 is 2.89 bits per heavy atom. The molecule has 1 aromatic heterocycles. The zero-order chi connectivity index (χ0) is 13.0. The van der Waals surface area contributed by atoms with Gasteiger partial charge in [0.05, 0.1) is 7.11 Å². The van der Waals surface area contributed by atoms with Gasteiger partial charge in [-0.2, -0.15) is 0 Å². The molecule has 0 unspecified atom stereocenters. The first-order chi connectivity index (χ1) is 8.70. The fraction of sp³-hybridized carbons (Fsp3) is 0.308. The molecule has 0 saturated heterocycles. The number of rotatable bonds is 5. The van der Waals surface area contributed by atoms with Gasteiger partial charge in [-0.25, -0.2) is 4.98 Å². The number of nitrogens with zero attached hydrogens (tertiary/aromatic N) is 1. The van der Waals surface area contributed by atoms with Crippen LogP contribution in [0, 0.1) is 6.92 Å². The van der Waals surface area contributed by atoms with E-state index in [4.69, 9.17) is 4.74 Å². The Morgan fingerprint density at radius 1 is 1.39 bits per heavy atom. The second-order valence-corrected chi connectivity index (χ2v) is 5.26. The van der Waals surface area contributed by atoms with Gasteiger partial charge in [0.1, 0.15) is 5.01 Å². The van der Waals surface area contributed by atoms with Crippen molar-refractivity contribution in [2.24, 2.45) is 0 Å². The van der Waals surface area contributed by atoms with E-state index in [1.807, 2.05) is 25.3 Å². The average Bonchev–Trinajstić information content (AvgIpc) is 2.77. The predicted octanol–water partition coefficient (Wildman–Crippen LogP) is 2.46. The zero-order valence-electron chi connectivity index (χ0n) is 10.4. The van der Waals surface area contributed by atoms with Crippen LogP contribution in [0.25, 0.3) is 0 Å². The first-order valence-corrected chi connectivity index (χ1v) is 6.49. The zero-order valence-corrected chi connectivity index (χ0v) is 11.3. The SMILES string of the molecule is COc1cccc(CNCc2ncc(C)s2)c1O. The number of hydrogen-bond acceptors (Lipinski definition) is 5. The molecule has 18 heavy (non-hydrogen) atoms. The van der Waals surface area contributed by atoms with E-state index in [1.165, 1.54) is 4.88 Å². The quantitative estimate of drug-likeness (QED) is 0.871. The fourth-order valence-corrected chi connectivity index (χ4v) is 2.42. The molecular formula is C13H16N2O2S. The standard InChI is InChI=1S/C13H16N2O2S/c1-9-6-15-12(18-9)8-14-7-10-4-3-5-11(17-2)13(10)16/h3-6,14,16H,7-8H2,1-2H3. The number of para-hydroxylation sites is 1. The fourth-order valence-electron chi connectivity index (χ4n) is 1.66. The van der Waals surface area contributed by atoms with Gasteiger partial charge in [0.2, 0.25) is 0 Å². The van der Waals surface area contributed by atoms with Crippen molar-refractivity contribution in [2.45, 2.75) is 20.0 Å². The second-order valence-electron chi connectivity index (χ2n) is 3.94. The highest BCUT2D eigenvalue weighted by atomic mass is 32.1. The number of aryl methyl sites for hydroxylation is 1. The molecule has 0 aliphatic carbocycles. The Hall–Kier alpha value is -1.59. The predicted molar refractivity (Wildman–Crippen MR) is 72.1 cm³/mol. The van der Waals surface area contributed by atoms with Gasteiger partial charge in [0.25, 0.3) is 0 Å². The number of methoxy groups -OCH3 is 1. The number of aromatic nitrogens is 1. The topological polar surface area (TPSA) is 54.4 Å². The average molecular weight is 264 g/mol. The van der Waals surface area contributed by atoms with Crippen molar-refractivity contribution in [3.8, 4) is 11.5 Å². The Labute approximate surface area is 110 Å². The third-order valence-electron chi connectivity index (χ3n) is 2.56. The molecule has 0 aliphatic rings. The molecule has 0 atom stereocenters. The minimum atomic E-state index is 0.197. The Bertz CT molecular complexity index is 525. The molecule has 0 aliphatic heterocycles. The summed E-state index contributed by atoms with van der Waals surface area (Å²) in [4.78, 5) is 5.48. The van der Waals surface area contributed by atoms with Gasteiger partial charge in [0, 0.05) is 29.7 Å². The van der Waals surface area contributed by atoms with Gasteiger partial charge in [0.15, 0.2) is 11.5 Å². The smallest absolute Gasteiger partial charge is 0.162 e. The van der Waals surface area contributed by atoms with Crippen molar-refractivity contribution in [3.63, 3.8) is 0 Å². The van der Waals surface area contributed by atoms with E-state index in [-0.39, 0.29) is 5.75 Å². The summed E-state index contributed by atoms with van der Waals surface area (Å²) >= 11 is 1.67. The molecule has 4 nitrogen and oxygen atoms in total. The molecule has 0 fully saturated rings. The van der Waals surface area contributed by atoms with E-state index in [2.05, 4.69) is 10.3 Å². The second kappa shape index (κ2) is 5.84. The maximum absolute atomic E-state index is 9.91. The lowest BCUT2D eigenvalue weighted by Gasteiger charge is -2.09. The minimum Gasteiger partial charge on any atom is -0.504 e. The number of phenols is 1. The Kier molecular flexibility index (Phi) is 4.17. The van der Waals surface area contributed by atoms with Crippen LogP contribution in [-0.2, 0) is 13.1 Å². The summed E-state index contributed by atoms with van der Waals surface area (Å²) in [6, 6.07) is 5.48. The van der Waals surface area contributed by atoms with Crippen LogP contribution in [0.15, 0.2) is 24.4 Å². The summed E-state index contributed by atoms with van der Waals surface area (Å²) in [7, 11) is 1.55. The Balaban J connectivity index is 1.94. The minimum absolute atomic E-state index is 0.197. The van der Waals surface area contributed by atoms with Crippen molar-refractivity contribution in [2.75, 3.05) is 7.11 Å². The number of benzene rings is 1. The molecule has 5 heteroatoms. The lowest BCUT2D eigenvalue weighted by Crippen LogP contribution is -2.12. The van der Waals surface area contributed by atoms with Crippen LogP contribution in [0.5, 0.6) is 11.5 Å². The summed E-state index contributed by atoms with van der Waals surface area (Å²) in [5.74, 6) is 0.696. The molecule has 1 heterocycles. The van der Waals surface area contributed by atoms with Crippen molar-refractivity contribution in [1.29, 1.82) is 0 Å². The first-order valence-electron chi connectivity index (χ1n) is 5.67. The van der Waals surface area contributed by atoms with E-state index in [1.54, 1.807) is 24.5 Å². The number of ether oxygens (including phenoxy) is 1. The molecule has 1 aromatic carbocycles. The van der Waals surface area contributed by atoms with Crippen molar-refractivity contribution < 1.29 is 9.84 Å².